The van der Waals surface area contributed by atoms with Gasteiger partial charge in [-0.2, -0.15) is 0 Å². The Balaban J connectivity index is 2.55. The van der Waals surface area contributed by atoms with Crippen LogP contribution in [0.5, 0.6) is 0 Å². The van der Waals surface area contributed by atoms with Crippen LogP contribution in [-0.2, 0) is 7.05 Å². The molecule has 1 N–H and O–H groups in total. The molecule has 2 rings (SSSR count). The second kappa shape index (κ2) is 5.50. The molecule has 0 aliphatic carbocycles. The molecule has 0 amide bonds. The van der Waals surface area contributed by atoms with E-state index in [1.54, 1.807) is 4.68 Å². The van der Waals surface area contributed by atoms with Crippen molar-refractivity contribution >= 4 is 31.9 Å². The molecule has 0 aliphatic rings. The zero-order valence-electron chi connectivity index (χ0n) is 10.4. The van der Waals surface area contributed by atoms with Crippen LogP contribution < -0.4 is 5.32 Å². The maximum atomic E-state index is 4.04. The molecule has 0 fully saturated rings. The highest BCUT2D eigenvalue weighted by Gasteiger charge is 2.22. The van der Waals surface area contributed by atoms with Crippen LogP contribution in [-0.4, -0.2) is 22.0 Å². The summed E-state index contributed by atoms with van der Waals surface area (Å²) < 4.78 is 3.62. The number of aryl methyl sites for hydroxylation is 2. The van der Waals surface area contributed by atoms with Crippen molar-refractivity contribution in [3.8, 4) is 0 Å². The lowest BCUT2D eigenvalue weighted by Gasteiger charge is -2.19. The molecule has 1 aromatic heterocycles. The molecule has 6 heteroatoms. The molecule has 0 radical (unpaired) electrons. The van der Waals surface area contributed by atoms with Crippen LogP contribution in [0.15, 0.2) is 27.3 Å². The molecule has 96 valence electrons. The summed E-state index contributed by atoms with van der Waals surface area (Å²) in [5, 5.41) is 11.4. The monoisotopic (exact) mass is 372 g/mol. The molecular formula is C12H14Br2N4. The minimum atomic E-state index is 0.0527. The van der Waals surface area contributed by atoms with E-state index in [1.807, 2.05) is 20.2 Å². The largest absolute Gasteiger partial charge is 0.308 e. The highest BCUT2D eigenvalue weighted by atomic mass is 79.9. The van der Waals surface area contributed by atoms with E-state index in [0.29, 0.717) is 0 Å². The first-order valence-electron chi connectivity index (χ1n) is 5.53. The lowest BCUT2D eigenvalue weighted by molar-refractivity contribution is 0.595. The van der Waals surface area contributed by atoms with Gasteiger partial charge in [0.05, 0.1) is 11.7 Å². The maximum absolute atomic E-state index is 4.04. The Morgan fingerprint density at radius 2 is 2.06 bits per heavy atom. The normalized spacial score (nSPS) is 12.7. The molecule has 1 heterocycles. The van der Waals surface area contributed by atoms with Crippen molar-refractivity contribution in [2.24, 2.45) is 7.05 Å². The third-order valence-corrected chi connectivity index (χ3v) is 4.00. The van der Waals surface area contributed by atoms with Gasteiger partial charge in [0.2, 0.25) is 0 Å². The SMILES string of the molecule is CNC(c1cc(Br)ccc1C)c1c(Br)nnn1C. The van der Waals surface area contributed by atoms with Crippen molar-refractivity contribution in [1.82, 2.24) is 20.3 Å². The van der Waals surface area contributed by atoms with Crippen LogP contribution in [0.2, 0.25) is 0 Å². The highest BCUT2D eigenvalue weighted by Crippen LogP contribution is 2.30. The van der Waals surface area contributed by atoms with Crippen LogP contribution in [0.3, 0.4) is 0 Å². The predicted molar refractivity (Wildman–Crippen MR) is 78.5 cm³/mol. The Kier molecular flexibility index (Phi) is 4.19. The standard InChI is InChI=1S/C12H14Br2N4/c1-7-4-5-8(13)6-9(7)10(15-2)11-12(14)16-17-18(11)3/h4-6,10,15H,1-3H3. The molecule has 0 aliphatic heterocycles. The summed E-state index contributed by atoms with van der Waals surface area (Å²) in [4.78, 5) is 0. The van der Waals surface area contributed by atoms with Gasteiger partial charge in [0.15, 0.2) is 4.60 Å². The van der Waals surface area contributed by atoms with Crippen molar-refractivity contribution in [2.75, 3.05) is 7.05 Å². The molecule has 1 unspecified atom stereocenters. The minimum Gasteiger partial charge on any atom is -0.308 e. The van der Waals surface area contributed by atoms with E-state index >= 15 is 0 Å². The molecule has 2 aromatic rings. The summed E-state index contributed by atoms with van der Waals surface area (Å²) in [6.07, 6.45) is 0. The molecule has 0 spiro atoms. The topological polar surface area (TPSA) is 42.7 Å². The number of nitrogens with one attached hydrogen (secondary N) is 1. The molecule has 0 saturated heterocycles. The second-order valence-electron chi connectivity index (χ2n) is 4.11. The molecule has 0 saturated carbocycles. The number of hydrogen-bond acceptors (Lipinski definition) is 3. The fraction of sp³-hybridized carbons (Fsp3) is 0.333. The lowest BCUT2D eigenvalue weighted by atomic mass is 9.99. The Labute approximate surface area is 123 Å². The fourth-order valence-corrected chi connectivity index (χ4v) is 2.94. The third kappa shape index (κ3) is 2.50. The summed E-state index contributed by atoms with van der Waals surface area (Å²) in [6.45, 7) is 2.10. The first-order valence-corrected chi connectivity index (χ1v) is 7.11. The predicted octanol–water partition coefficient (Wildman–Crippen LogP) is 2.96. The maximum Gasteiger partial charge on any atom is 0.153 e. The van der Waals surface area contributed by atoms with E-state index in [9.17, 15) is 0 Å². The van der Waals surface area contributed by atoms with Crippen LogP contribution in [0.4, 0.5) is 0 Å². The van der Waals surface area contributed by atoms with Gasteiger partial charge in [-0.05, 0) is 53.2 Å². The summed E-state index contributed by atoms with van der Waals surface area (Å²) in [6, 6.07) is 6.32. The number of nitrogens with zero attached hydrogens (tertiary/aromatic N) is 3. The van der Waals surface area contributed by atoms with Crippen LogP contribution >= 0.6 is 31.9 Å². The van der Waals surface area contributed by atoms with Crippen molar-refractivity contribution in [1.29, 1.82) is 0 Å². The van der Waals surface area contributed by atoms with Crippen LogP contribution in [0.25, 0.3) is 0 Å². The van der Waals surface area contributed by atoms with E-state index in [-0.39, 0.29) is 6.04 Å². The van der Waals surface area contributed by atoms with Gasteiger partial charge in [0, 0.05) is 11.5 Å². The van der Waals surface area contributed by atoms with Gasteiger partial charge in [0.25, 0.3) is 0 Å². The molecule has 1 atom stereocenters. The third-order valence-electron chi connectivity index (χ3n) is 2.94. The second-order valence-corrected chi connectivity index (χ2v) is 5.78. The number of benzene rings is 1. The molecule has 18 heavy (non-hydrogen) atoms. The number of halogens is 2. The Hall–Kier alpha value is -0.720. The Bertz CT molecular complexity index is 546. The zero-order chi connectivity index (χ0) is 13.3. The summed E-state index contributed by atoms with van der Waals surface area (Å²) >= 11 is 6.97. The molecular weight excluding hydrogens is 360 g/mol. The zero-order valence-corrected chi connectivity index (χ0v) is 13.6. The van der Waals surface area contributed by atoms with Crippen LogP contribution in [0.1, 0.15) is 22.9 Å². The molecule has 4 nitrogen and oxygen atoms in total. The first kappa shape index (κ1) is 13.7. The van der Waals surface area contributed by atoms with Gasteiger partial charge in [-0.25, -0.2) is 4.68 Å². The smallest absolute Gasteiger partial charge is 0.153 e. The van der Waals surface area contributed by atoms with Crippen molar-refractivity contribution in [3.63, 3.8) is 0 Å². The van der Waals surface area contributed by atoms with Gasteiger partial charge in [0.1, 0.15) is 0 Å². The fourth-order valence-electron chi connectivity index (χ4n) is 2.01. The van der Waals surface area contributed by atoms with Crippen molar-refractivity contribution in [3.05, 3.63) is 44.1 Å². The Morgan fingerprint density at radius 3 is 2.61 bits per heavy atom. The summed E-state index contributed by atoms with van der Waals surface area (Å²) in [5.41, 5.74) is 3.45. The average molecular weight is 374 g/mol. The van der Waals surface area contributed by atoms with Gasteiger partial charge >= 0.3 is 0 Å². The van der Waals surface area contributed by atoms with Crippen molar-refractivity contribution in [2.45, 2.75) is 13.0 Å². The number of hydrogen-bond donors (Lipinski definition) is 1. The van der Waals surface area contributed by atoms with E-state index in [1.165, 1.54) is 11.1 Å². The van der Waals surface area contributed by atoms with Gasteiger partial charge < -0.3 is 5.32 Å². The minimum absolute atomic E-state index is 0.0527. The number of aromatic nitrogens is 3. The van der Waals surface area contributed by atoms with Crippen LogP contribution in [0, 0.1) is 6.92 Å². The van der Waals surface area contributed by atoms with E-state index < -0.39 is 0 Å². The highest BCUT2D eigenvalue weighted by molar-refractivity contribution is 9.10. The van der Waals surface area contributed by atoms with Crippen molar-refractivity contribution < 1.29 is 0 Å². The molecule has 1 aromatic carbocycles. The van der Waals surface area contributed by atoms with Gasteiger partial charge in [-0.15, -0.1) is 5.10 Å². The summed E-state index contributed by atoms with van der Waals surface area (Å²) in [5.74, 6) is 0. The lowest BCUT2D eigenvalue weighted by Crippen LogP contribution is -2.22. The first-order chi connectivity index (χ1) is 8.54. The quantitative estimate of drug-likeness (QED) is 0.899. The van der Waals surface area contributed by atoms with E-state index in [4.69, 9.17) is 0 Å². The average Bonchev–Trinajstić information content (AvgIpc) is 2.66. The Morgan fingerprint density at radius 1 is 1.33 bits per heavy atom. The van der Waals surface area contributed by atoms with E-state index in [2.05, 4.69) is 66.5 Å². The number of rotatable bonds is 3. The van der Waals surface area contributed by atoms with E-state index in [0.717, 1.165) is 14.8 Å². The van der Waals surface area contributed by atoms with Gasteiger partial charge in [-0.1, -0.05) is 27.2 Å². The molecule has 0 bridgehead atoms. The van der Waals surface area contributed by atoms with Gasteiger partial charge in [-0.3, -0.25) is 0 Å². The summed E-state index contributed by atoms with van der Waals surface area (Å²) in [7, 11) is 3.83.